The molecule has 1 aromatic heterocycles. The molecular formula is C13H20N4O4. The zero-order valence-corrected chi connectivity index (χ0v) is 12.6. The number of amides is 1. The molecular weight excluding hydrogens is 276 g/mol. The van der Waals surface area contributed by atoms with Gasteiger partial charge < -0.3 is 15.4 Å². The van der Waals surface area contributed by atoms with Gasteiger partial charge in [-0.1, -0.05) is 0 Å². The van der Waals surface area contributed by atoms with Crippen molar-refractivity contribution in [3.05, 3.63) is 27.9 Å². The Bertz CT molecular complexity index is 525. The monoisotopic (exact) mass is 296 g/mol. The lowest BCUT2D eigenvalue weighted by Gasteiger charge is -2.19. The van der Waals surface area contributed by atoms with Gasteiger partial charge in [-0.05, 0) is 27.7 Å². The topological polar surface area (TPSA) is 106 Å². The minimum atomic E-state index is -0.545. The highest BCUT2D eigenvalue weighted by Crippen LogP contribution is 2.19. The molecule has 1 heterocycles. The molecule has 1 amide bonds. The highest BCUT2D eigenvalue weighted by atomic mass is 16.6. The molecule has 0 aromatic carbocycles. The van der Waals surface area contributed by atoms with E-state index in [0.717, 1.165) is 0 Å². The van der Waals surface area contributed by atoms with Crippen LogP contribution >= 0.6 is 0 Å². The molecule has 0 fully saturated rings. The minimum absolute atomic E-state index is 0.00704. The number of carbonyl (C=O) groups is 1. The van der Waals surface area contributed by atoms with E-state index in [9.17, 15) is 14.9 Å². The van der Waals surface area contributed by atoms with Gasteiger partial charge in [0.1, 0.15) is 11.4 Å². The van der Waals surface area contributed by atoms with Gasteiger partial charge in [0.25, 0.3) is 5.69 Å². The summed E-state index contributed by atoms with van der Waals surface area (Å²) < 4.78 is 5.07. The van der Waals surface area contributed by atoms with Gasteiger partial charge in [-0.15, -0.1) is 0 Å². The number of hydrogen-bond acceptors (Lipinski definition) is 6. The van der Waals surface area contributed by atoms with Crippen LogP contribution in [0.3, 0.4) is 0 Å². The van der Waals surface area contributed by atoms with Gasteiger partial charge >= 0.3 is 6.09 Å². The lowest BCUT2D eigenvalue weighted by molar-refractivity contribution is -0.385. The zero-order chi connectivity index (χ0) is 16.0. The summed E-state index contributed by atoms with van der Waals surface area (Å²) in [6.07, 6.45) is 0.925. The number of aromatic nitrogens is 1. The van der Waals surface area contributed by atoms with Crippen LogP contribution in [-0.2, 0) is 4.74 Å². The van der Waals surface area contributed by atoms with Crippen molar-refractivity contribution in [2.45, 2.75) is 33.3 Å². The average molecular weight is 296 g/mol. The molecule has 0 aliphatic rings. The Morgan fingerprint density at radius 3 is 2.67 bits per heavy atom. The van der Waals surface area contributed by atoms with Crippen LogP contribution in [0.2, 0.25) is 0 Å². The van der Waals surface area contributed by atoms with E-state index in [2.05, 4.69) is 15.6 Å². The number of hydrogen-bond donors (Lipinski definition) is 2. The van der Waals surface area contributed by atoms with E-state index in [4.69, 9.17) is 4.74 Å². The number of pyridine rings is 1. The van der Waals surface area contributed by atoms with Crippen LogP contribution in [0.4, 0.5) is 16.3 Å². The highest BCUT2D eigenvalue weighted by Gasteiger charge is 2.15. The summed E-state index contributed by atoms with van der Waals surface area (Å²) in [6.45, 7) is 7.66. The first-order valence-corrected chi connectivity index (χ1v) is 6.51. The first-order valence-electron chi connectivity index (χ1n) is 6.51. The van der Waals surface area contributed by atoms with Gasteiger partial charge in [-0.2, -0.15) is 0 Å². The number of aryl methyl sites for hydroxylation is 1. The van der Waals surface area contributed by atoms with Crippen molar-refractivity contribution in [1.82, 2.24) is 10.3 Å². The molecule has 116 valence electrons. The molecule has 0 saturated heterocycles. The van der Waals surface area contributed by atoms with Gasteiger partial charge in [0.2, 0.25) is 0 Å². The van der Waals surface area contributed by atoms with Gasteiger partial charge in [0, 0.05) is 24.8 Å². The molecule has 1 aromatic rings. The van der Waals surface area contributed by atoms with Crippen LogP contribution in [0.15, 0.2) is 12.3 Å². The van der Waals surface area contributed by atoms with E-state index in [-0.39, 0.29) is 5.69 Å². The van der Waals surface area contributed by atoms with E-state index in [0.29, 0.717) is 24.5 Å². The molecule has 1 rings (SSSR count). The molecule has 8 heteroatoms. The Morgan fingerprint density at radius 1 is 1.43 bits per heavy atom. The predicted molar refractivity (Wildman–Crippen MR) is 78.4 cm³/mol. The smallest absolute Gasteiger partial charge is 0.407 e. The van der Waals surface area contributed by atoms with Gasteiger partial charge in [0.05, 0.1) is 11.0 Å². The van der Waals surface area contributed by atoms with Crippen molar-refractivity contribution in [3.63, 3.8) is 0 Å². The molecule has 0 atom stereocenters. The fourth-order valence-corrected chi connectivity index (χ4v) is 1.48. The Morgan fingerprint density at radius 2 is 2.10 bits per heavy atom. The van der Waals surface area contributed by atoms with Crippen LogP contribution in [0.25, 0.3) is 0 Å². The lowest BCUT2D eigenvalue weighted by Crippen LogP contribution is -2.35. The van der Waals surface area contributed by atoms with Crippen LogP contribution < -0.4 is 10.6 Å². The first kappa shape index (κ1) is 16.7. The van der Waals surface area contributed by atoms with Crippen LogP contribution in [0, 0.1) is 17.0 Å². The Labute approximate surface area is 123 Å². The Kier molecular flexibility index (Phi) is 5.45. The van der Waals surface area contributed by atoms with E-state index in [1.165, 1.54) is 12.3 Å². The Balaban J connectivity index is 2.41. The number of rotatable bonds is 5. The SMILES string of the molecule is Cc1cnc(NCCNC(=O)OC(C)(C)C)cc1[N+](=O)[O-]. The molecule has 2 N–H and O–H groups in total. The third kappa shape index (κ3) is 6.07. The maximum atomic E-state index is 11.4. The van der Waals surface area contributed by atoms with Crippen molar-refractivity contribution in [2.24, 2.45) is 0 Å². The van der Waals surface area contributed by atoms with Gasteiger partial charge in [-0.3, -0.25) is 10.1 Å². The number of nitrogens with one attached hydrogen (secondary N) is 2. The molecule has 0 bridgehead atoms. The van der Waals surface area contributed by atoms with Crippen molar-refractivity contribution in [2.75, 3.05) is 18.4 Å². The quantitative estimate of drug-likeness (QED) is 0.490. The van der Waals surface area contributed by atoms with Crippen LogP contribution in [0.5, 0.6) is 0 Å². The summed E-state index contributed by atoms with van der Waals surface area (Å²) in [6, 6.07) is 1.36. The van der Waals surface area contributed by atoms with Crippen molar-refractivity contribution < 1.29 is 14.5 Å². The number of alkyl carbamates (subject to hydrolysis) is 1. The normalized spacial score (nSPS) is 10.9. The summed E-state index contributed by atoms with van der Waals surface area (Å²) in [4.78, 5) is 25.8. The first-order chi connectivity index (χ1) is 9.69. The molecule has 21 heavy (non-hydrogen) atoms. The fraction of sp³-hybridized carbons (Fsp3) is 0.538. The maximum Gasteiger partial charge on any atom is 0.407 e. The van der Waals surface area contributed by atoms with Crippen LogP contribution in [-0.4, -0.2) is 34.7 Å². The Hall–Kier alpha value is -2.38. The standard InChI is InChI=1S/C13H20N4O4/c1-9-8-16-11(7-10(9)17(19)20)14-5-6-15-12(18)21-13(2,3)4/h7-8H,5-6H2,1-4H3,(H,14,16)(H,15,18). The third-order valence-electron chi connectivity index (χ3n) is 2.37. The molecule has 0 radical (unpaired) electrons. The molecule has 0 aliphatic carbocycles. The molecule has 0 aliphatic heterocycles. The molecule has 0 unspecified atom stereocenters. The van der Waals surface area contributed by atoms with Crippen molar-refractivity contribution in [3.8, 4) is 0 Å². The largest absolute Gasteiger partial charge is 0.444 e. The molecule has 8 nitrogen and oxygen atoms in total. The van der Waals surface area contributed by atoms with Gasteiger partial charge in [0.15, 0.2) is 0 Å². The second-order valence-corrected chi connectivity index (χ2v) is 5.47. The second kappa shape index (κ2) is 6.87. The summed E-state index contributed by atoms with van der Waals surface area (Å²) in [5, 5.41) is 16.3. The van der Waals surface area contributed by atoms with E-state index < -0.39 is 16.6 Å². The molecule has 0 saturated carbocycles. The van der Waals surface area contributed by atoms with E-state index >= 15 is 0 Å². The fourth-order valence-electron chi connectivity index (χ4n) is 1.48. The summed E-state index contributed by atoms with van der Waals surface area (Å²) in [7, 11) is 0. The number of anilines is 1. The van der Waals surface area contributed by atoms with Gasteiger partial charge in [-0.25, -0.2) is 9.78 Å². The summed E-state index contributed by atoms with van der Waals surface area (Å²) in [5.74, 6) is 0.387. The van der Waals surface area contributed by atoms with E-state index in [1.54, 1.807) is 27.7 Å². The predicted octanol–water partition coefficient (Wildman–Crippen LogP) is 2.23. The number of carbonyl (C=O) groups excluding carboxylic acids is 1. The summed E-state index contributed by atoms with van der Waals surface area (Å²) >= 11 is 0. The average Bonchev–Trinajstić information content (AvgIpc) is 2.34. The lowest BCUT2D eigenvalue weighted by atomic mass is 10.2. The van der Waals surface area contributed by atoms with E-state index in [1.807, 2.05) is 0 Å². The van der Waals surface area contributed by atoms with Crippen LogP contribution in [0.1, 0.15) is 26.3 Å². The third-order valence-corrected chi connectivity index (χ3v) is 2.37. The maximum absolute atomic E-state index is 11.4. The highest BCUT2D eigenvalue weighted by molar-refractivity contribution is 5.67. The molecule has 0 spiro atoms. The second-order valence-electron chi connectivity index (χ2n) is 5.47. The minimum Gasteiger partial charge on any atom is -0.444 e. The number of nitrogens with zero attached hydrogens (tertiary/aromatic N) is 2. The van der Waals surface area contributed by atoms with Crippen molar-refractivity contribution >= 4 is 17.6 Å². The number of nitro groups is 1. The number of ether oxygens (including phenoxy) is 1. The zero-order valence-electron chi connectivity index (χ0n) is 12.6. The summed E-state index contributed by atoms with van der Waals surface area (Å²) in [5.41, 5.74) is -0.0403. The van der Waals surface area contributed by atoms with Crippen molar-refractivity contribution in [1.29, 1.82) is 0 Å².